The van der Waals surface area contributed by atoms with Gasteiger partial charge in [0.1, 0.15) is 24.0 Å². The number of hydrogen-bond donors (Lipinski definition) is 3. The highest BCUT2D eigenvalue weighted by Gasteiger charge is 2.20. The number of hydrogen-bond acceptors (Lipinski definition) is 8. The molecule has 12 nitrogen and oxygen atoms in total. The van der Waals surface area contributed by atoms with E-state index in [0.717, 1.165) is 0 Å². The van der Waals surface area contributed by atoms with Gasteiger partial charge in [0.05, 0.1) is 0 Å². The van der Waals surface area contributed by atoms with E-state index >= 15 is 0 Å². The fourth-order valence-electron chi connectivity index (χ4n) is 2.57. The Labute approximate surface area is 205 Å². The lowest BCUT2D eigenvalue weighted by Gasteiger charge is -2.26. The van der Waals surface area contributed by atoms with Crippen LogP contribution in [0, 0.1) is 0 Å². The van der Waals surface area contributed by atoms with Crippen LogP contribution in [0.4, 0.5) is 14.4 Å². The van der Waals surface area contributed by atoms with Gasteiger partial charge in [-0.05, 0) is 51.3 Å². The zero-order chi connectivity index (χ0) is 26.6. The number of likely N-dealkylation sites (N-methyl/N-ethyl adjacent to an activating group) is 2. The average Bonchev–Trinajstić information content (AvgIpc) is 2.77. The lowest BCUT2D eigenvalue weighted by Crippen LogP contribution is -2.40. The molecule has 35 heavy (non-hydrogen) atoms. The smallest absolute Gasteiger partial charge is 0.410 e. The van der Waals surface area contributed by atoms with Crippen molar-refractivity contribution in [2.45, 2.75) is 51.9 Å². The molecule has 0 aliphatic heterocycles. The van der Waals surface area contributed by atoms with Crippen molar-refractivity contribution >= 4 is 24.2 Å². The predicted molar refractivity (Wildman–Crippen MR) is 129 cm³/mol. The summed E-state index contributed by atoms with van der Waals surface area (Å²) in [5.41, 5.74) is 10.9. The highest BCUT2D eigenvalue weighted by atomic mass is 16.6. The fourth-order valence-corrected chi connectivity index (χ4v) is 2.57. The molecule has 4 amide bonds. The number of esters is 1. The molecule has 0 saturated heterocycles. The third kappa shape index (κ3) is 12.5. The highest BCUT2D eigenvalue weighted by molar-refractivity contribution is 5.78. The number of amides is 4. The van der Waals surface area contributed by atoms with Crippen LogP contribution < -0.4 is 21.5 Å². The highest BCUT2D eigenvalue weighted by Crippen LogP contribution is 2.14. The third-order valence-corrected chi connectivity index (χ3v) is 4.59. The number of benzene rings is 1. The van der Waals surface area contributed by atoms with E-state index in [-0.39, 0.29) is 19.7 Å². The van der Waals surface area contributed by atoms with Crippen LogP contribution in [0.15, 0.2) is 24.3 Å². The van der Waals surface area contributed by atoms with E-state index in [9.17, 15) is 19.2 Å². The largest absolute Gasteiger partial charge is 0.445 e. The summed E-state index contributed by atoms with van der Waals surface area (Å²) in [7, 11) is 3.16. The molecule has 0 unspecified atom stereocenters. The zero-order valence-corrected chi connectivity index (χ0v) is 21.0. The Kier molecular flexibility index (Phi) is 11.8. The topological polar surface area (TPSA) is 167 Å². The van der Waals surface area contributed by atoms with Crippen molar-refractivity contribution in [3.63, 3.8) is 0 Å². The van der Waals surface area contributed by atoms with Gasteiger partial charge in [0.15, 0.2) is 0 Å². The lowest BCUT2D eigenvalue weighted by atomic mass is 10.1. The third-order valence-electron chi connectivity index (χ3n) is 4.59. The number of nitrogens with two attached hydrogens (primary N) is 2. The number of urea groups is 1. The molecular weight excluding hydrogens is 458 g/mol. The molecule has 0 saturated carbocycles. The maximum Gasteiger partial charge on any atom is 0.410 e. The van der Waals surface area contributed by atoms with Crippen LogP contribution in [0.25, 0.3) is 0 Å². The van der Waals surface area contributed by atoms with Gasteiger partial charge in [-0.25, -0.2) is 19.2 Å². The summed E-state index contributed by atoms with van der Waals surface area (Å²) in [6, 6.07) is 4.99. The van der Waals surface area contributed by atoms with E-state index in [1.807, 2.05) is 0 Å². The Bertz CT molecular complexity index is 855. The first kappa shape index (κ1) is 29.5. The predicted octanol–water partition coefficient (Wildman–Crippen LogP) is 1.80. The van der Waals surface area contributed by atoms with Crippen molar-refractivity contribution in [2.75, 3.05) is 33.7 Å². The number of carbonyl (C=O) groups is 4. The van der Waals surface area contributed by atoms with E-state index in [4.69, 9.17) is 25.7 Å². The summed E-state index contributed by atoms with van der Waals surface area (Å²) in [5.74, 6) is -0.292. The molecule has 1 aromatic carbocycles. The Morgan fingerprint density at radius 3 is 2.11 bits per heavy atom. The summed E-state index contributed by atoms with van der Waals surface area (Å²) in [5, 5.41) is 2.42. The summed E-state index contributed by atoms with van der Waals surface area (Å²) in [4.78, 5) is 49.6. The maximum absolute atomic E-state index is 12.2. The van der Waals surface area contributed by atoms with Crippen molar-refractivity contribution in [1.82, 2.24) is 15.1 Å². The molecule has 1 atom stereocenters. The van der Waals surface area contributed by atoms with Crippen LogP contribution in [0.5, 0.6) is 5.75 Å². The van der Waals surface area contributed by atoms with E-state index in [1.165, 1.54) is 9.80 Å². The number of carbonyl (C=O) groups excluding carboxylic acids is 4. The summed E-state index contributed by atoms with van der Waals surface area (Å²) in [6.07, 6.45) is -0.209. The molecule has 1 rings (SSSR count). The SMILES string of the molecule is CN(CCN(C)C(=O)OC(C)(C)C)C(=O)OCc1ccc(OC(=O)[C@@H](N)CCCNC(N)=O)cc1. The first-order valence-electron chi connectivity index (χ1n) is 11.2. The molecule has 0 aliphatic rings. The van der Waals surface area contributed by atoms with Gasteiger partial charge in [-0.15, -0.1) is 0 Å². The molecule has 5 N–H and O–H groups in total. The first-order valence-corrected chi connectivity index (χ1v) is 11.2. The monoisotopic (exact) mass is 495 g/mol. The van der Waals surface area contributed by atoms with E-state index in [0.29, 0.717) is 30.7 Å². The number of primary amides is 1. The molecule has 12 heteroatoms. The lowest BCUT2D eigenvalue weighted by molar-refractivity contribution is -0.136. The van der Waals surface area contributed by atoms with E-state index in [1.54, 1.807) is 59.1 Å². The Balaban J connectivity index is 2.39. The van der Waals surface area contributed by atoms with Gasteiger partial charge >= 0.3 is 24.2 Å². The normalized spacial score (nSPS) is 11.7. The van der Waals surface area contributed by atoms with Crippen LogP contribution in [0.1, 0.15) is 39.2 Å². The number of rotatable bonds is 11. The molecule has 0 spiro atoms. The van der Waals surface area contributed by atoms with Crippen LogP contribution in [-0.2, 0) is 20.9 Å². The summed E-state index contributed by atoms with van der Waals surface area (Å²) in [6.45, 7) is 6.23. The van der Waals surface area contributed by atoms with Gasteiger partial charge in [0.25, 0.3) is 0 Å². The van der Waals surface area contributed by atoms with E-state index < -0.39 is 35.8 Å². The fraction of sp³-hybridized carbons (Fsp3) is 0.565. The second-order valence-electron chi connectivity index (χ2n) is 8.98. The van der Waals surface area contributed by atoms with Crippen molar-refractivity contribution < 1.29 is 33.4 Å². The zero-order valence-electron chi connectivity index (χ0n) is 21.0. The van der Waals surface area contributed by atoms with E-state index in [2.05, 4.69) is 5.32 Å². The Hall–Kier alpha value is -3.54. The number of ether oxygens (including phenoxy) is 3. The van der Waals surface area contributed by atoms with Crippen molar-refractivity contribution in [3.8, 4) is 5.75 Å². The minimum absolute atomic E-state index is 0.0195. The van der Waals surface area contributed by atoms with Crippen LogP contribution in [0.3, 0.4) is 0 Å². The average molecular weight is 496 g/mol. The second kappa shape index (κ2) is 14.0. The Morgan fingerprint density at radius 2 is 1.57 bits per heavy atom. The molecule has 0 aromatic heterocycles. The van der Waals surface area contributed by atoms with Gasteiger partial charge in [0.2, 0.25) is 0 Å². The van der Waals surface area contributed by atoms with Gasteiger partial charge in [-0.3, -0.25) is 0 Å². The minimum atomic E-state index is -0.838. The quantitative estimate of drug-likeness (QED) is 0.237. The summed E-state index contributed by atoms with van der Waals surface area (Å²) < 4.78 is 15.8. The van der Waals surface area contributed by atoms with Gasteiger partial charge < -0.3 is 40.8 Å². The standard InChI is InChI=1S/C23H37N5O7/c1-23(2,3)35-22(32)28(5)14-13-27(4)21(31)33-15-16-8-10-17(11-9-16)34-19(29)18(24)7-6-12-26-20(25)30/h8-11,18H,6-7,12-15,24H2,1-5H3,(H3,25,26,30)/t18-/m0/s1. The van der Waals surface area contributed by atoms with Gasteiger partial charge in [0, 0.05) is 33.7 Å². The minimum Gasteiger partial charge on any atom is -0.445 e. The molecule has 1 aromatic rings. The number of nitrogens with zero attached hydrogens (tertiary/aromatic N) is 2. The maximum atomic E-state index is 12.2. The molecule has 196 valence electrons. The molecule has 0 bridgehead atoms. The van der Waals surface area contributed by atoms with Crippen LogP contribution >= 0.6 is 0 Å². The summed E-state index contributed by atoms with van der Waals surface area (Å²) >= 11 is 0. The molecular formula is C23H37N5O7. The molecule has 0 fully saturated rings. The molecule has 0 radical (unpaired) electrons. The van der Waals surface area contributed by atoms with Crippen LogP contribution in [0.2, 0.25) is 0 Å². The van der Waals surface area contributed by atoms with Crippen molar-refractivity contribution in [2.24, 2.45) is 11.5 Å². The second-order valence-corrected chi connectivity index (χ2v) is 8.98. The van der Waals surface area contributed by atoms with Gasteiger partial charge in [-0.1, -0.05) is 12.1 Å². The van der Waals surface area contributed by atoms with Crippen molar-refractivity contribution in [3.05, 3.63) is 29.8 Å². The van der Waals surface area contributed by atoms with Crippen LogP contribution in [-0.4, -0.2) is 79.4 Å². The Morgan fingerprint density at radius 1 is 1.00 bits per heavy atom. The van der Waals surface area contributed by atoms with Gasteiger partial charge in [-0.2, -0.15) is 0 Å². The first-order chi connectivity index (χ1) is 16.3. The van der Waals surface area contributed by atoms with Crippen molar-refractivity contribution in [1.29, 1.82) is 0 Å². The number of nitrogens with one attached hydrogen (secondary N) is 1. The molecule has 0 heterocycles. The molecule has 0 aliphatic carbocycles.